The summed E-state index contributed by atoms with van der Waals surface area (Å²) >= 11 is 0. The second-order valence-corrected chi connectivity index (χ2v) is 6.99. The summed E-state index contributed by atoms with van der Waals surface area (Å²) in [5.74, 6) is 1.18. The van der Waals surface area contributed by atoms with E-state index in [9.17, 15) is 9.59 Å². The molecule has 4 nitrogen and oxygen atoms in total. The lowest BCUT2D eigenvalue weighted by Crippen LogP contribution is -2.48. The molecule has 0 radical (unpaired) electrons. The minimum atomic E-state index is -0.481. The summed E-state index contributed by atoms with van der Waals surface area (Å²) in [5, 5.41) is 2.96. The van der Waals surface area contributed by atoms with Crippen LogP contribution in [0.15, 0.2) is 30.3 Å². The Bertz CT molecular complexity index is 572. The first kappa shape index (κ1) is 16.0. The number of rotatable bonds is 4. The molecule has 124 valence electrons. The van der Waals surface area contributed by atoms with Crippen molar-refractivity contribution in [2.24, 2.45) is 17.8 Å². The highest BCUT2D eigenvalue weighted by Gasteiger charge is 2.42. The predicted molar refractivity (Wildman–Crippen MR) is 91.0 cm³/mol. The van der Waals surface area contributed by atoms with E-state index in [0.29, 0.717) is 12.5 Å². The van der Waals surface area contributed by atoms with Gasteiger partial charge in [0.2, 0.25) is 0 Å². The molecule has 2 saturated carbocycles. The molecule has 1 N–H and O–H groups in total. The number of likely N-dealkylation sites (N-methyl/N-ethyl adjacent to an activating group) is 1. The van der Waals surface area contributed by atoms with E-state index in [-0.39, 0.29) is 6.04 Å². The van der Waals surface area contributed by atoms with Gasteiger partial charge in [-0.25, -0.2) is 0 Å². The number of hydrogen-bond acceptors (Lipinski definition) is 2. The molecule has 0 spiro atoms. The van der Waals surface area contributed by atoms with Crippen molar-refractivity contribution in [1.82, 2.24) is 5.32 Å². The number of para-hydroxylation sites is 1. The Balaban J connectivity index is 1.61. The molecule has 0 saturated heterocycles. The van der Waals surface area contributed by atoms with Crippen LogP contribution in [-0.2, 0) is 9.59 Å². The van der Waals surface area contributed by atoms with Gasteiger partial charge in [0.15, 0.2) is 0 Å². The molecule has 0 aliphatic heterocycles. The van der Waals surface area contributed by atoms with Crippen molar-refractivity contribution in [3.8, 4) is 0 Å². The maximum atomic E-state index is 12.5. The van der Waals surface area contributed by atoms with Gasteiger partial charge in [0.05, 0.1) is 0 Å². The van der Waals surface area contributed by atoms with Crippen LogP contribution in [0.2, 0.25) is 0 Å². The summed E-state index contributed by atoms with van der Waals surface area (Å²) in [6.07, 6.45) is 5.15. The van der Waals surface area contributed by atoms with Gasteiger partial charge in [0.1, 0.15) is 0 Å². The van der Waals surface area contributed by atoms with Gasteiger partial charge < -0.3 is 10.2 Å². The number of amides is 2. The van der Waals surface area contributed by atoms with E-state index in [0.717, 1.165) is 17.5 Å². The van der Waals surface area contributed by atoms with Gasteiger partial charge >= 0.3 is 11.8 Å². The van der Waals surface area contributed by atoms with E-state index in [4.69, 9.17) is 0 Å². The Morgan fingerprint density at radius 3 is 2.52 bits per heavy atom. The van der Waals surface area contributed by atoms with Crippen molar-refractivity contribution < 1.29 is 9.59 Å². The van der Waals surface area contributed by atoms with Crippen molar-refractivity contribution in [1.29, 1.82) is 0 Å². The van der Waals surface area contributed by atoms with Crippen LogP contribution < -0.4 is 10.2 Å². The summed E-state index contributed by atoms with van der Waals surface area (Å²) in [7, 11) is 0. The number of carbonyl (C=O) groups excluding carboxylic acids is 2. The second-order valence-electron chi connectivity index (χ2n) is 6.99. The molecule has 2 aliphatic rings. The maximum Gasteiger partial charge on any atom is 0.316 e. The average Bonchev–Trinajstić information content (AvgIpc) is 3.19. The van der Waals surface area contributed by atoms with E-state index in [2.05, 4.69) is 12.2 Å². The van der Waals surface area contributed by atoms with Crippen LogP contribution in [0, 0.1) is 17.8 Å². The third kappa shape index (κ3) is 3.26. The highest BCUT2D eigenvalue weighted by atomic mass is 16.2. The van der Waals surface area contributed by atoms with Crippen molar-refractivity contribution in [3.63, 3.8) is 0 Å². The number of benzene rings is 1. The lowest BCUT2D eigenvalue weighted by atomic mass is 9.84. The van der Waals surface area contributed by atoms with Gasteiger partial charge in [-0.1, -0.05) is 24.6 Å². The van der Waals surface area contributed by atoms with E-state index in [1.807, 2.05) is 37.3 Å². The fourth-order valence-electron chi connectivity index (χ4n) is 4.46. The first-order chi connectivity index (χ1) is 11.1. The minimum absolute atomic E-state index is 0.0798. The Kier molecular flexibility index (Phi) is 4.69. The number of nitrogens with one attached hydrogen (secondary N) is 1. The molecule has 4 atom stereocenters. The number of nitrogens with zero attached hydrogens (tertiary/aromatic N) is 1. The molecular formula is C19H26N2O2. The topological polar surface area (TPSA) is 49.4 Å². The molecule has 4 unspecified atom stereocenters. The fourth-order valence-corrected chi connectivity index (χ4v) is 4.46. The van der Waals surface area contributed by atoms with Crippen molar-refractivity contribution >= 4 is 17.5 Å². The van der Waals surface area contributed by atoms with Gasteiger partial charge in [0, 0.05) is 18.3 Å². The molecular weight excluding hydrogens is 288 g/mol. The third-order valence-corrected chi connectivity index (χ3v) is 5.62. The maximum absolute atomic E-state index is 12.5. The van der Waals surface area contributed by atoms with Gasteiger partial charge in [-0.2, -0.15) is 0 Å². The van der Waals surface area contributed by atoms with Gasteiger partial charge in [0.25, 0.3) is 0 Å². The van der Waals surface area contributed by atoms with Gasteiger partial charge in [-0.05, 0) is 63.0 Å². The Hall–Kier alpha value is -1.84. The Labute approximate surface area is 138 Å². The van der Waals surface area contributed by atoms with Crippen LogP contribution >= 0.6 is 0 Å². The van der Waals surface area contributed by atoms with Gasteiger partial charge in [-0.3, -0.25) is 9.59 Å². The Morgan fingerprint density at radius 2 is 1.96 bits per heavy atom. The molecule has 2 amide bonds. The van der Waals surface area contributed by atoms with Crippen molar-refractivity contribution in [2.45, 2.75) is 45.6 Å². The molecule has 3 rings (SSSR count). The van der Waals surface area contributed by atoms with E-state index < -0.39 is 11.8 Å². The normalized spacial score (nSPS) is 26.8. The molecule has 0 heterocycles. The van der Waals surface area contributed by atoms with E-state index in [1.165, 1.54) is 30.6 Å². The lowest BCUT2D eigenvalue weighted by molar-refractivity contribution is -0.138. The van der Waals surface area contributed by atoms with Crippen molar-refractivity contribution in [3.05, 3.63) is 30.3 Å². The highest BCUT2D eigenvalue weighted by molar-refractivity contribution is 6.40. The fraction of sp³-hybridized carbons (Fsp3) is 0.579. The third-order valence-electron chi connectivity index (χ3n) is 5.62. The van der Waals surface area contributed by atoms with Crippen LogP contribution in [0.5, 0.6) is 0 Å². The Morgan fingerprint density at radius 1 is 1.22 bits per heavy atom. The molecule has 4 heteroatoms. The SMILES string of the molecule is CCN(C(=O)C(=O)NC(C)C1CC2CCC1C2)c1ccccc1. The molecule has 2 aliphatic carbocycles. The monoisotopic (exact) mass is 314 g/mol. The summed E-state index contributed by atoms with van der Waals surface area (Å²) in [6, 6.07) is 9.44. The first-order valence-electron chi connectivity index (χ1n) is 8.77. The zero-order valence-electron chi connectivity index (χ0n) is 14.0. The second kappa shape index (κ2) is 6.73. The minimum Gasteiger partial charge on any atom is -0.345 e. The summed E-state index contributed by atoms with van der Waals surface area (Å²) in [4.78, 5) is 26.4. The van der Waals surface area contributed by atoms with E-state index in [1.54, 1.807) is 0 Å². The number of carbonyl (C=O) groups is 2. The summed E-state index contributed by atoms with van der Waals surface area (Å²) < 4.78 is 0. The predicted octanol–water partition coefficient (Wildman–Crippen LogP) is 2.98. The zero-order chi connectivity index (χ0) is 16.4. The van der Waals surface area contributed by atoms with Crippen LogP contribution in [0.3, 0.4) is 0 Å². The van der Waals surface area contributed by atoms with Gasteiger partial charge in [-0.15, -0.1) is 0 Å². The summed E-state index contributed by atoms with van der Waals surface area (Å²) in [5.41, 5.74) is 0.766. The van der Waals surface area contributed by atoms with Crippen LogP contribution in [0.1, 0.15) is 39.5 Å². The number of anilines is 1. The van der Waals surface area contributed by atoms with E-state index >= 15 is 0 Å². The molecule has 2 bridgehead atoms. The molecule has 0 aromatic heterocycles. The average molecular weight is 314 g/mol. The van der Waals surface area contributed by atoms with Crippen molar-refractivity contribution in [2.75, 3.05) is 11.4 Å². The number of hydrogen-bond donors (Lipinski definition) is 1. The molecule has 23 heavy (non-hydrogen) atoms. The largest absolute Gasteiger partial charge is 0.345 e. The standard InChI is InChI=1S/C19H26N2O2/c1-3-21(16-7-5-4-6-8-16)19(23)18(22)20-13(2)17-12-14-9-10-15(17)11-14/h4-8,13-15,17H,3,9-12H2,1-2H3,(H,20,22). The van der Waals surface area contributed by atoms with Crippen LogP contribution in [0.4, 0.5) is 5.69 Å². The quantitative estimate of drug-likeness (QED) is 0.869. The molecule has 1 aromatic carbocycles. The number of fused-ring (bicyclic) bond motifs is 2. The smallest absolute Gasteiger partial charge is 0.316 e. The summed E-state index contributed by atoms with van der Waals surface area (Å²) in [6.45, 7) is 4.42. The van der Waals surface area contributed by atoms with Crippen LogP contribution in [0.25, 0.3) is 0 Å². The molecule has 1 aromatic rings. The highest BCUT2D eigenvalue weighted by Crippen LogP contribution is 2.49. The first-order valence-corrected chi connectivity index (χ1v) is 8.77. The lowest BCUT2D eigenvalue weighted by Gasteiger charge is -2.29. The van der Waals surface area contributed by atoms with Crippen LogP contribution in [-0.4, -0.2) is 24.4 Å². The zero-order valence-corrected chi connectivity index (χ0v) is 14.0. The molecule has 2 fully saturated rings.